The molecule has 0 saturated carbocycles. The van der Waals surface area contributed by atoms with Crippen LogP contribution in [0.25, 0.3) is 5.76 Å². The van der Waals surface area contributed by atoms with E-state index in [0.717, 1.165) is 6.54 Å². The molecule has 0 bridgehead atoms. The molecule has 0 aliphatic carbocycles. The lowest BCUT2D eigenvalue weighted by Crippen LogP contribution is -2.32. The molecule has 7 nitrogen and oxygen atoms in total. The number of aromatic hydroxyl groups is 1. The molecule has 1 fully saturated rings. The summed E-state index contributed by atoms with van der Waals surface area (Å²) in [6.45, 7) is 5.01. The van der Waals surface area contributed by atoms with Gasteiger partial charge in [-0.05, 0) is 63.0 Å². The molecule has 0 spiro atoms. The van der Waals surface area contributed by atoms with Crippen LogP contribution in [-0.4, -0.2) is 65.5 Å². The van der Waals surface area contributed by atoms with E-state index >= 15 is 0 Å². The van der Waals surface area contributed by atoms with Crippen molar-refractivity contribution < 1.29 is 24.5 Å². The number of likely N-dealkylation sites (tertiary alicyclic amines) is 1. The number of ketones is 1. The van der Waals surface area contributed by atoms with Gasteiger partial charge in [-0.25, -0.2) is 0 Å². The van der Waals surface area contributed by atoms with Crippen LogP contribution in [0.2, 0.25) is 5.02 Å². The second-order valence-electron chi connectivity index (χ2n) is 7.98. The molecule has 174 valence electrons. The monoisotopic (exact) mass is 470 g/mol. The van der Waals surface area contributed by atoms with E-state index in [1.54, 1.807) is 30.3 Å². The first-order chi connectivity index (χ1) is 15.7. The molecule has 1 atom stereocenters. The van der Waals surface area contributed by atoms with Crippen LogP contribution in [-0.2, 0) is 9.59 Å². The van der Waals surface area contributed by atoms with Crippen molar-refractivity contribution in [3.63, 3.8) is 0 Å². The Balaban J connectivity index is 2.09. The van der Waals surface area contributed by atoms with Gasteiger partial charge in [0.1, 0.15) is 23.9 Å². The highest BCUT2D eigenvalue weighted by Crippen LogP contribution is 2.41. The Bertz CT molecular complexity index is 1080. The highest BCUT2D eigenvalue weighted by Gasteiger charge is 2.46. The smallest absolute Gasteiger partial charge is 0.295 e. The summed E-state index contributed by atoms with van der Waals surface area (Å²) in [5.41, 5.74) is 0.528. The number of aliphatic hydroxyl groups excluding tert-OH is 1. The molecule has 1 aliphatic heterocycles. The summed E-state index contributed by atoms with van der Waals surface area (Å²) in [5, 5.41) is 21.6. The average molecular weight is 471 g/mol. The quantitative estimate of drug-likeness (QED) is 0.249. The number of nitrogens with zero attached hydrogens (tertiary/aromatic N) is 2. The molecule has 0 unspecified atom stereocenters. The lowest BCUT2D eigenvalue weighted by atomic mass is 9.95. The average Bonchev–Trinajstić information content (AvgIpc) is 3.04. The third kappa shape index (κ3) is 5.38. The molecule has 1 heterocycles. The van der Waals surface area contributed by atoms with Gasteiger partial charge in [0.2, 0.25) is 0 Å². The Morgan fingerprint density at radius 2 is 1.91 bits per heavy atom. The summed E-state index contributed by atoms with van der Waals surface area (Å²) in [6, 6.07) is 10.3. The topological polar surface area (TPSA) is 90.3 Å². The molecule has 2 aromatic carbocycles. The Hall–Kier alpha value is -3.29. The maximum absolute atomic E-state index is 13.0. The number of phenolic OH excluding ortho intramolecular Hbond substituents is 1. The van der Waals surface area contributed by atoms with E-state index < -0.39 is 23.5 Å². The fourth-order valence-electron chi connectivity index (χ4n) is 3.76. The zero-order chi connectivity index (χ0) is 24.1. The van der Waals surface area contributed by atoms with E-state index in [1.807, 2.05) is 19.0 Å². The summed E-state index contributed by atoms with van der Waals surface area (Å²) in [6.07, 6.45) is 2.27. The first-order valence-corrected chi connectivity index (χ1v) is 10.9. The standard InChI is InChI=1S/C25H27ClN2O5/c1-4-14-33-18-9-6-16(7-10-18)22-21(23(30)19-15-17(26)8-11-20(19)29)24(31)25(32)28(22)13-5-12-27(2)3/h4,6-11,15,22,29-30H,1,5,12-14H2,2-3H3/t22-/m0/s1. The number of ether oxygens (including phenoxy) is 1. The molecule has 3 rings (SSSR count). The third-order valence-electron chi connectivity index (χ3n) is 5.32. The Kier molecular flexibility index (Phi) is 7.79. The molecule has 0 aromatic heterocycles. The second kappa shape index (κ2) is 10.6. The summed E-state index contributed by atoms with van der Waals surface area (Å²) in [5.74, 6) is -1.62. The zero-order valence-electron chi connectivity index (χ0n) is 18.6. The highest BCUT2D eigenvalue weighted by molar-refractivity contribution is 6.46. The van der Waals surface area contributed by atoms with Gasteiger partial charge in [-0.1, -0.05) is 36.4 Å². The number of benzene rings is 2. The van der Waals surface area contributed by atoms with Crippen LogP contribution in [0, 0.1) is 0 Å². The van der Waals surface area contributed by atoms with Crippen molar-refractivity contribution in [1.82, 2.24) is 9.80 Å². The van der Waals surface area contributed by atoms with Gasteiger partial charge in [-0.2, -0.15) is 0 Å². The number of rotatable bonds is 9. The number of hydrogen-bond acceptors (Lipinski definition) is 6. The van der Waals surface area contributed by atoms with Crippen molar-refractivity contribution >= 4 is 29.1 Å². The van der Waals surface area contributed by atoms with Crippen LogP contribution in [0.4, 0.5) is 0 Å². The first-order valence-electron chi connectivity index (χ1n) is 10.5. The molecule has 1 aliphatic rings. The summed E-state index contributed by atoms with van der Waals surface area (Å²) in [4.78, 5) is 29.5. The van der Waals surface area contributed by atoms with Crippen molar-refractivity contribution in [1.29, 1.82) is 0 Å². The van der Waals surface area contributed by atoms with E-state index in [4.69, 9.17) is 16.3 Å². The molecule has 0 radical (unpaired) electrons. The predicted octanol–water partition coefficient (Wildman–Crippen LogP) is 3.98. The Morgan fingerprint density at radius 3 is 2.55 bits per heavy atom. The lowest BCUT2D eigenvalue weighted by Gasteiger charge is -2.26. The van der Waals surface area contributed by atoms with Crippen LogP contribution in [0.3, 0.4) is 0 Å². The fourth-order valence-corrected chi connectivity index (χ4v) is 3.93. The normalized spacial score (nSPS) is 17.6. The summed E-state index contributed by atoms with van der Waals surface area (Å²) < 4.78 is 5.53. The van der Waals surface area contributed by atoms with Crippen LogP contribution in [0.15, 0.2) is 60.7 Å². The third-order valence-corrected chi connectivity index (χ3v) is 5.56. The number of Topliss-reactive ketones (excluding diaryl/α,β-unsaturated/α-hetero) is 1. The molecule has 1 saturated heterocycles. The number of halogens is 1. The van der Waals surface area contributed by atoms with E-state index in [2.05, 4.69) is 6.58 Å². The van der Waals surface area contributed by atoms with Crippen molar-refractivity contribution in [2.75, 3.05) is 33.8 Å². The Labute approximate surface area is 198 Å². The Morgan fingerprint density at radius 1 is 1.21 bits per heavy atom. The number of carbonyl (C=O) groups excluding carboxylic acids is 2. The van der Waals surface area contributed by atoms with Gasteiger partial charge >= 0.3 is 0 Å². The van der Waals surface area contributed by atoms with Crippen LogP contribution >= 0.6 is 11.6 Å². The zero-order valence-corrected chi connectivity index (χ0v) is 19.4. The molecule has 2 aromatic rings. The van der Waals surface area contributed by atoms with Gasteiger partial charge in [0.25, 0.3) is 11.7 Å². The van der Waals surface area contributed by atoms with Gasteiger partial charge in [0, 0.05) is 11.6 Å². The number of amides is 1. The van der Waals surface area contributed by atoms with Crippen LogP contribution in [0.5, 0.6) is 11.5 Å². The number of hydrogen-bond donors (Lipinski definition) is 2. The molecule has 33 heavy (non-hydrogen) atoms. The number of carbonyl (C=O) groups is 2. The molecule has 1 amide bonds. The SMILES string of the molecule is C=CCOc1ccc([C@H]2C(=C(O)c3cc(Cl)ccc3O)C(=O)C(=O)N2CCCN(C)C)cc1. The highest BCUT2D eigenvalue weighted by atomic mass is 35.5. The van der Waals surface area contributed by atoms with Gasteiger partial charge in [-0.3, -0.25) is 9.59 Å². The van der Waals surface area contributed by atoms with Crippen molar-refractivity contribution in [2.24, 2.45) is 0 Å². The van der Waals surface area contributed by atoms with Gasteiger partial charge in [0.05, 0.1) is 17.2 Å². The minimum absolute atomic E-state index is 0.00951. The van der Waals surface area contributed by atoms with E-state index in [9.17, 15) is 19.8 Å². The van der Waals surface area contributed by atoms with Crippen molar-refractivity contribution in [3.8, 4) is 11.5 Å². The lowest BCUT2D eigenvalue weighted by molar-refractivity contribution is -0.139. The minimum Gasteiger partial charge on any atom is -0.507 e. The summed E-state index contributed by atoms with van der Waals surface area (Å²) in [7, 11) is 3.85. The van der Waals surface area contributed by atoms with Gasteiger partial charge < -0.3 is 24.7 Å². The van der Waals surface area contributed by atoms with Crippen molar-refractivity contribution in [2.45, 2.75) is 12.5 Å². The van der Waals surface area contributed by atoms with Crippen LogP contribution in [0.1, 0.15) is 23.6 Å². The predicted molar refractivity (Wildman–Crippen MR) is 127 cm³/mol. The minimum atomic E-state index is -0.820. The van der Waals surface area contributed by atoms with Crippen molar-refractivity contribution in [3.05, 3.63) is 76.8 Å². The first kappa shape index (κ1) is 24.4. The van der Waals surface area contributed by atoms with E-state index in [-0.39, 0.29) is 21.9 Å². The molecule has 2 N–H and O–H groups in total. The van der Waals surface area contributed by atoms with Gasteiger partial charge in [-0.15, -0.1) is 0 Å². The summed E-state index contributed by atoms with van der Waals surface area (Å²) >= 11 is 6.04. The maximum Gasteiger partial charge on any atom is 0.295 e. The van der Waals surface area contributed by atoms with E-state index in [0.29, 0.717) is 30.9 Å². The second-order valence-corrected chi connectivity index (χ2v) is 8.42. The van der Waals surface area contributed by atoms with Gasteiger partial charge in [0.15, 0.2) is 0 Å². The number of phenols is 1. The fraction of sp³-hybridized carbons (Fsp3) is 0.280. The van der Waals surface area contributed by atoms with E-state index in [1.165, 1.54) is 23.1 Å². The maximum atomic E-state index is 13.0. The number of aliphatic hydroxyl groups is 1. The molecular weight excluding hydrogens is 444 g/mol. The molecular formula is C25H27ClN2O5. The molecule has 8 heteroatoms. The van der Waals surface area contributed by atoms with Crippen LogP contribution < -0.4 is 4.74 Å². The largest absolute Gasteiger partial charge is 0.507 e.